The van der Waals surface area contributed by atoms with Gasteiger partial charge in [0, 0.05) is 5.56 Å². The summed E-state index contributed by atoms with van der Waals surface area (Å²) in [6, 6.07) is 8.01. The molecule has 1 aromatic heterocycles. The van der Waals surface area contributed by atoms with Crippen molar-refractivity contribution in [3.63, 3.8) is 0 Å². The molecule has 3 rings (SSSR count). The Hall–Kier alpha value is -1.13. The minimum atomic E-state index is 0.629. The smallest absolute Gasteiger partial charge is 0.159 e. The Bertz CT molecular complexity index is 541. The summed E-state index contributed by atoms with van der Waals surface area (Å²) in [5.41, 5.74) is 2.24. The molecule has 2 heterocycles. The Labute approximate surface area is 90.2 Å². The molecule has 0 atom stereocenters. The van der Waals surface area contributed by atoms with Crippen molar-refractivity contribution in [2.45, 2.75) is 6.61 Å². The van der Waals surface area contributed by atoms with E-state index in [0.29, 0.717) is 6.61 Å². The molecule has 0 spiro atoms. The summed E-state index contributed by atoms with van der Waals surface area (Å²) in [5, 5.41) is 0. The van der Waals surface area contributed by atoms with Crippen LogP contribution in [0.4, 0.5) is 0 Å². The number of fused-ring (bicyclic) bond motifs is 3. The average Bonchev–Trinajstić information content (AvgIpc) is 2.59. The second-order valence-electron chi connectivity index (χ2n) is 3.10. The van der Waals surface area contributed by atoms with E-state index in [2.05, 4.69) is 4.98 Å². The van der Waals surface area contributed by atoms with Crippen molar-refractivity contribution in [1.29, 1.82) is 0 Å². The summed E-state index contributed by atoms with van der Waals surface area (Å²) < 4.78 is 6.42. The van der Waals surface area contributed by atoms with Crippen LogP contribution in [0.1, 0.15) is 4.88 Å². The third-order valence-corrected chi connectivity index (χ3v) is 3.44. The van der Waals surface area contributed by atoms with Gasteiger partial charge in [0.05, 0.1) is 10.6 Å². The van der Waals surface area contributed by atoms with Crippen molar-refractivity contribution >= 4 is 23.6 Å². The Morgan fingerprint density at radius 2 is 2.21 bits per heavy atom. The molecule has 0 saturated heterocycles. The van der Waals surface area contributed by atoms with Gasteiger partial charge in [0.1, 0.15) is 12.4 Å². The van der Waals surface area contributed by atoms with E-state index in [9.17, 15) is 0 Å². The Kier molecular flexibility index (Phi) is 1.72. The van der Waals surface area contributed by atoms with Crippen LogP contribution in [0.2, 0.25) is 0 Å². The number of ether oxygens (including phenoxy) is 1. The van der Waals surface area contributed by atoms with Crippen LogP contribution in [0.3, 0.4) is 0 Å². The molecular formula is C10H7NOS2. The molecule has 2 nitrogen and oxygen atoms in total. The summed E-state index contributed by atoms with van der Waals surface area (Å²) in [5.74, 6) is 0.934. The zero-order valence-corrected chi connectivity index (χ0v) is 8.87. The number of nitrogens with one attached hydrogen (secondary N) is 1. The first kappa shape index (κ1) is 8.20. The quantitative estimate of drug-likeness (QED) is 0.690. The predicted molar refractivity (Wildman–Crippen MR) is 59.3 cm³/mol. The fraction of sp³-hybridized carbons (Fsp3) is 0.100. The lowest BCUT2D eigenvalue weighted by atomic mass is 10.1. The summed E-state index contributed by atoms with van der Waals surface area (Å²) in [4.78, 5) is 4.39. The Morgan fingerprint density at radius 1 is 1.36 bits per heavy atom. The highest BCUT2D eigenvalue weighted by Gasteiger charge is 2.18. The maximum absolute atomic E-state index is 5.61. The van der Waals surface area contributed by atoms with Gasteiger partial charge in [0.25, 0.3) is 0 Å². The first-order valence-electron chi connectivity index (χ1n) is 4.29. The van der Waals surface area contributed by atoms with Gasteiger partial charge < -0.3 is 9.72 Å². The van der Waals surface area contributed by atoms with E-state index in [1.165, 1.54) is 4.88 Å². The van der Waals surface area contributed by atoms with Gasteiger partial charge in [-0.3, -0.25) is 0 Å². The van der Waals surface area contributed by atoms with Crippen LogP contribution in [-0.2, 0) is 6.61 Å². The third-order valence-electron chi connectivity index (χ3n) is 2.24. The molecule has 1 aliphatic rings. The summed E-state index contributed by atoms with van der Waals surface area (Å²) >= 11 is 6.71. The highest BCUT2D eigenvalue weighted by molar-refractivity contribution is 7.73. The molecule has 1 aromatic carbocycles. The lowest BCUT2D eigenvalue weighted by molar-refractivity contribution is 0.305. The van der Waals surface area contributed by atoms with Crippen LogP contribution in [-0.4, -0.2) is 4.98 Å². The second kappa shape index (κ2) is 2.93. The van der Waals surface area contributed by atoms with Crippen LogP contribution < -0.4 is 4.74 Å². The van der Waals surface area contributed by atoms with E-state index in [1.54, 1.807) is 11.3 Å². The lowest BCUT2D eigenvalue weighted by Crippen LogP contribution is -2.02. The van der Waals surface area contributed by atoms with E-state index in [-0.39, 0.29) is 0 Å². The minimum absolute atomic E-state index is 0.629. The maximum atomic E-state index is 5.61. The zero-order chi connectivity index (χ0) is 9.54. The van der Waals surface area contributed by atoms with Crippen LogP contribution in [0.15, 0.2) is 24.3 Å². The van der Waals surface area contributed by atoms with E-state index in [4.69, 9.17) is 17.0 Å². The van der Waals surface area contributed by atoms with Crippen LogP contribution in [0.25, 0.3) is 11.3 Å². The van der Waals surface area contributed by atoms with Gasteiger partial charge in [-0.25, -0.2) is 0 Å². The number of hydrogen-bond acceptors (Lipinski definition) is 3. The normalized spacial score (nSPS) is 12.9. The summed E-state index contributed by atoms with van der Waals surface area (Å²) in [6.07, 6.45) is 0. The Balaban J connectivity index is 2.33. The highest BCUT2D eigenvalue weighted by Crippen LogP contribution is 2.38. The molecule has 4 heteroatoms. The maximum Gasteiger partial charge on any atom is 0.159 e. The molecule has 0 amide bonds. The number of thiazole rings is 1. The minimum Gasteiger partial charge on any atom is -0.487 e. The molecule has 14 heavy (non-hydrogen) atoms. The third kappa shape index (κ3) is 1.11. The van der Waals surface area contributed by atoms with E-state index >= 15 is 0 Å². The number of para-hydroxylation sites is 1. The van der Waals surface area contributed by atoms with Crippen molar-refractivity contribution in [3.05, 3.63) is 33.1 Å². The largest absolute Gasteiger partial charge is 0.487 e. The number of aromatic nitrogens is 1. The average molecular weight is 221 g/mol. The number of rotatable bonds is 0. The van der Waals surface area contributed by atoms with Crippen molar-refractivity contribution in [2.24, 2.45) is 0 Å². The topological polar surface area (TPSA) is 25.0 Å². The molecule has 1 aliphatic heterocycles. The van der Waals surface area contributed by atoms with Crippen molar-refractivity contribution in [2.75, 3.05) is 0 Å². The lowest BCUT2D eigenvalue weighted by Gasteiger charge is -2.16. The van der Waals surface area contributed by atoms with Crippen molar-refractivity contribution in [3.8, 4) is 17.0 Å². The molecule has 0 bridgehead atoms. The number of aromatic amines is 1. The molecule has 2 aromatic rings. The first-order chi connectivity index (χ1) is 6.84. The molecule has 1 N–H and O–H groups in total. The second-order valence-corrected chi connectivity index (χ2v) is 4.87. The van der Waals surface area contributed by atoms with Gasteiger partial charge in [-0.05, 0) is 24.4 Å². The molecule has 0 unspecified atom stereocenters. The Morgan fingerprint density at radius 3 is 3.14 bits per heavy atom. The van der Waals surface area contributed by atoms with E-state index in [0.717, 1.165) is 21.0 Å². The van der Waals surface area contributed by atoms with E-state index in [1.807, 2.05) is 24.3 Å². The van der Waals surface area contributed by atoms with E-state index < -0.39 is 0 Å². The van der Waals surface area contributed by atoms with Gasteiger partial charge in [0.2, 0.25) is 0 Å². The molecule has 0 aliphatic carbocycles. The highest BCUT2D eigenvalue weighted by atomic mass is 32.1. The van der Waals surface area contributed by atoms with Crippen LogP contribution in [0, 0.1) is 3.95 Å². The van der Waals surface area contributed by atoms with Crippen LogP contribution >= 0.6 is 23.6 Å². The number of benzene rings is 1. The molecule has 0 radical (unpaired) electrons. The van der Waals surface area contributed by atoms with Gasteiger partial charge in [0.15, 0.2) is 3.95 Å². The summed E-state index contributed by atoms with van der Waals surface area (Å²) in [6.45, 7) is 0.629. The van der Waals surface area contributed by atoms with Gasteiger partial charge >= 0.3 is 0 Å². The first-order valence-corrected chi connectivity index (χ1v) is 5.51. The van der Waals surface area contributed by atoms with Crippen molar-refractivity contribution < 1.29 is 4.74 Å². The van der Waals surface area contributed by atoms with Gasteiger partial charge in [-0.2, -0.15) is 0 Å². The standard InChI is InChI=1S/C10H7NOS2/c13-10-11-9-6-3-1-2-4-7(6)12-5-8(9)14-10/h1-4H,5H2,(H,11,13). The zero-order valence-electron chi connectivity index (χ0n) is 7.24. The fourth-order valence-corrected chi connectivity index (χ4v) is 2.78. The number of hydrogen-bond donors (Lipinski definition) is 1. The van der Waals surface area contributed by atoms with Crippen LogP contribution in [0.5, 0.6) is 5.75 Å². The number of H-pyrrole nitrogens is 1. The van der Waals surface area contributed by atoms with Crippen molar-refractivity contribution in [1.82, 2.24) is 4.98 Å². The molecule has 0 fully saturated rings. The van der Waals surface area contributed by atoms with Gasteiger partial charge in [-0.15, -0.1) is 11.3 Å². The molecule has 70 valence electrons. The monoisotopic (exact) mass is 221 g/mol. The predicted octanol–water partition coefficient (Wildman–Crippen LogP) is 3.37. The van der Waals surface area contributed by atoms with Gasteiger partial charge in [-0.1, -0.05) is 12.1 Å². The summed E-state index contributed by atoms with van der Waals surface area (Å²) in [7, 11) is 0. The fourth-order valence-electron chi connectivity index (χ4n) is 1.62. The SMILES string of the molecule is S=c1[nH]c2c(s1)COc1ccccc1-2. The molecule has 0 saturated carbocycles. The molecular weight excluding hydrogens is 214 g/mol.